The van der Waals surface area contributed by atoms with E-state index in [0.717, 1.165) is 39.4 Å². The van der Waals surface area contributed by atoms with Crippen molar-refractivity contribution in [2.75, 3.05) is 39.9 Å². The summed E-state index contributed by atoms with van der Waals surface area (Å²) in [6.07, 6.45) is 7.66. The van der Waals surface area contributed by atoms with Crippen molar-refractivity contribution in [3.05, 3.63) is 18.0 Å². The molecular weight excluding hydrogens is 264 g/mol. The van der Waals surface area contributed by atoms with Gasteiger partial charge in [-0.1, -0.05) is 6.92 Å². The van der Waals surface area contributed by atoms with Crippen LogP contribution in [0.5, 0.6) is 0 Å². The molecule has 1 N–H and O–H groups in total. The second-order valence-corrected chi connectivity index (χ2v) is 6.53. The molecule has 120 valence electrons. The molecule has 1 aromatic heterocycles. The van der Waals surface area contributed by atoms with Crippen LogP contribution in [0, 0.1) is 5.41 Å². The van der Waals surface area contributed by atoms with Crippen LogP contribution in [0.15, 0.2) is 12.4 Å². The largest absolute Gasteiger partial charge is 0.381 e. The highest BCUT2D eigenvalue weighted by atomic mass is 16.5. The summed E-state index contributed by atoms with van der Waals surface area (Å²) in [5.74, 6) is 0. The lowest BCUT2D eigenvalue weighted by molar-refractivity contribution is -0.0236. The number of aromatic nitrogens is 2. The minimum atomic E-state index is 0.254. The molecule has 0 radical (unpaired) electrons. The van der Waals surface area contributed by atoms with E-state index in [-0.39, 0.29) is 5.41 Å². The summed E-state index contributed by atoms with van der Waals surface area (Å²) < 4.78 is 7.65. The van der Waals surface area contributed by atoms with Gasteiger partial charge in [0.2, 0.25) is 0 Å². The second kappa shape index (κ2) is 7.92. The third kappa shape index (κ3) is 5.09. The van der Waals surface area contributed by atoms with Gasteiger partial charge < -0.3 is 15.0 Å². The van der Waals surface area contributed by atoms with Gasteiger partial charge in [0, 0.05) is 50.5 Å². The fourth-order valence-corrected chi connectivity index (χ4v) is 3.25. The zero-order valence-electron chi connectivity index (χ0n) is 13.8. The molecule has 1 unspecified atom stereocenters. The van der Waals surface area contributed by atoms with Gasteiger partial charge in [-0.25, -0.2) is 0 Å². The molecule has 0 amide bonds. The number of hydrogen-bond acceptors (Lipinski definition) is 4. The first kappa shape index (κ1) is 16.5. The summed E-state index contributed by atoms with van der Waals surface area (Å²) in [7, 11) is 4.16. The maximum absolute atomic E-state index is 5.79. The summed E-state index contributed by atoms with van der Waals surface area (Å²) in [5.41, 5.74) is 1.53. The van der Waals surface area contributed by atoms with Gasteiger partial charge in [0.15, 0.2) is 0 Å². The van der Waals surface area contributed by atoms with E-state index < -0.39 is 0 Å². The monoisotopic (exact) mass is 294 g/mol. The van der Waals surface area contributed by atoms with Crippen molar-refractivity contribution in [3.63, 3.8) is 0 Å². The molecule has 1 aliphatic rings. The predicted molar refractivity (Wildman–Crippen MR) is 85.2 cm³/mol. The van der Waals surface area contributed by atoms with Crippen molar-refractivity contribution in [2.24, 2.45) is 12.5 Å². The highest BCUT2D eigenvalue weighted by Crippen LogP contribution is 2.29. The van der Waals surface area contributed by atoms with Crippen molar-refractivity contribution in [2.45, 2.75) is 32.7 Å². The van der Waals surface area contributed by atoms with Crippen LogP contribution in [0.2, 0.25) is 0 Å². The van der Waals surface area contributed by atoms with Crippen LogP contribution in [0.3, 0.4) is 0 Å². The Hall–Kier alpha value is -0.910. The van der Waals surface area contributed by atoms with Crippen molar-refractivity contribution >= 4 is 0 Å². The van der Waals surface area contributed by atoms with E-state index in [1.54, 1.807) is 0 Å². The molecule has 1 atom stereocenters. The Balaban J connectivity index is 1.90. The minimum Gasteiger partial charge on any atom is -0.381 e. The van der Waals surface area contributed by atoms with Crippen LogP contribution in [0.4, 0.5) is 0 Å². The first-order chi connectivity index (χ1) is 10.1. The number of aryl methyl sites for hydroxylation is 1. The number of ether oxygens (including phenoxy) is 1. The van der Waals surface area contributed by atoms with Gasteiger partial charge in [0.05, 0.1) is 12.8 Å². The van der Waals surface area contributed by atoms with Crippen molar-refractivity contribution < 1.29 is 4.74 Å². The fourth-order valence-electron chi connectivity index (χ4n) is 3.25. The Kier molecular flexibility index (Phi) is 6.21. The Labute approximate surface area is 128 Å². The van der Waals surface area contributed by atoms with Gasteiger partial charge in [-0.15, -0.1) is 0 Å². The number of rotatable bonds is 8. The molecule has 1 fully saturated rings. The summed E-state index contributed by atoms with van der Waals surface area (Å²) in [6, 6.07) is 0. The average molecular weight is 294 g/mol. The Morgan fingerprint density at radius 1 is 1.52 bits per heavy atom. The van der Waals surface area contributed by atoms with Crippen molar-refractivity contribution in [1.29, 1.82) is 0 Å². The molecule has 0 aromatic carbocycles. The molecule has 5 heteroatoms. The summed E-state index contributed by atoms with van der Waals surface area (Å²) in [6.45, 7) is 8.17. The van der Waals surface area contributed by atoms with Gasteiger partial charge in [0.1, 0.15) is 0 Å². The number of hydrogen-bond donors (Lipinski definition) is 1. The van der Waals surface area contributed by atoms with Crippen LogP contribution >= 0.6 is 0 Å². The standard InChI is InChI=1S/C16H30N4O/c1-4-7-17-12-16(6-5-8-21-14-16)13-19(2)10-15-9-18-20(3)11-15/h9,11,17H,4-8,10,12-14H2,1-3H3. The molecule has 1 aromatic rings. The quantitative estimate of drug-likeness (QED) is 0.740. The SMILES string of the molecule is CCCNCC1(CN(C)Cc2cnn(C)c2)CCCOC1. The predicted octanol–water partition coefficient (Wildman–Crippen LogP) is 1.65. The highest BCUT2D eigenvalue weighted by Gasteiger charge is 2.33. The Morgan fingerprint density at radius 2 is 2.38 bits per heavy atom. The minimum absolute atomic E-state index is 0.254. The Morgan fingerprint density at radius 3 is 3.00 bits per heavy atom. The topological polar surface area (TPSA) is 42.3 Å². The van der Waals surface area contributed by atoms with Crippen molar-refractivity contribution in [1.82, 2.24) is 20.0 Å². The van der Waals surface area contributed by atoms with E-state index in [0.29, 0.717) is 0 Å². The molecule has 2 heterocycles. The van der Waals surface area contributed by atoms with Crippen LogP contribution in [0.1, 0.15) is 31.7 Å². The third-order valence-corrected chi connectivity index (χ3v) is 4.15. The maximum Gasteiger partial charge on any atom is 0.0546 e. The van der Waals surface area contributed by atoms with E-state index in [4.69, 9.17) is 4.74 Å². The number of nitrogens with one attached hydrogen (secondary N) is 1. The Bertz CT molecular complexity index is 412. The van der Waals surface area contributed by atoms with E-state index in [9.17, 15) is 0 Å². The van der Waals surface area contributed by atoms with E-state index in [1.165, 1.54) is 24.8 Å². The van der Waals surface area contributed by atoms with E-state index >= 15 is 0 Å². The smallest absolute Gasteiger partial charge is 0.0546 e. The highest BCUT2D eigenvalue weighted by molar-refractivity contribution is 5.03. The molecule has 0 spiro atoms. The van der Waals surface area contributed by atoms with Crippen molar-refractivity contribution in [3.8, 4) is 0 Å². The van der Waals surface area contributed by atoms with Gasteiger partial charge in [-0.05, 0) is 32.9 Å². The third-order valence-electron chi connectivity index (χ3n) is 4.15. The maximum atomic E-state index is 5.79. The molecule has 21 heavy (non-hydrogen) atoms. The second-order valence-electron chi connectivity index (χ2n) is 6.53. The lowest BCUT2D eigenvalue weighted by Gasteiger charge is -2.40. The first-order valence-electron chi connectivity index (χ1n) is 8.08. The average Bonchev–Trinajstić information content (AvgIpc) is 2.85. The summed E-state index contributed by atoms with van der Waals surface area (Å²) >= 11 is 0. The molecule has 2 rings (SSSR count). The lowest BCUT2D eigenvalue weighted by atomic mass is 9.81. The van der Waals surface area contributed by atoms with Crippen LogP contribution in [-0.2, 0) is 18.3 Å². The summed E-state index contributed by atoms with van der Waals surface area (Å²) in [5, 5.41) is 7.84. The molecule has 1 saturated heterocycles. The number of nitrogens with zero attached hydrogens (tertiary/aromatic N) is 3. The first-order valence-corrected chi connectivity index (χ1v) is 8.08. The lowest BCUT2D eigenvalue weighted by Crippen LogP contribution is -2.48. The van der Waals surface area contributed by atoms with E-state index in [2.05, 4.69) is 35.5 Å². The van der Waals surface area contributed by atoms with Crippen LogP contribution < -0.4 is 5.32 Å². The molecule has 1 aliphatic heterocycles. The molecule has 0 bridgehead atoms. The normalized spacial score (nSPS) is 22.9. The van der Waals surface area contributed by atoms with Gasteiger partial charge in [0.25, 0.3) is 0 Å². The summed E-state index contributed by atoms with van der Waals surface area (Å²) in [4.78, 5) is 2.40. The fraction of sp³-hybridized carbons (Fsp3) is 0.812. The van der Waals surface area contributed by atoms with Crippen LogP contribution in [-0.4, -0.2) is 54.6 Å². The molecule has 5 nitrogen and oxygen atoms in total. The van der Waals surface area contributed by atoms with Gasteiger partial charge in [-0.2, -0.15) is 5.10 Å². The van der Waals surface area contributed by atoms with Gasteiger partial charge >= 0.3 is 0 Å². The van der Waals surface area contributed by atoms with E-state index in [1.807, 2.05) is 17.9 Å². The van der Waals surface area contributed by atoms with Crippen LogP contribution in [0.25, 0.3) is 0 Å². The zero-order chi connectivity index (χ0) is 15.1. The molecule has 0 aliphatic carbocycles. The molecular formula is C16H30N4O. The van der Waals surface area contributed by atoms with Gasteiger partial charge in [-0.3, -0.25) is 4.68 Å². The molecule has 0 saturated carbocycles. The zero-order valence-corrected chi connectivity index (χ0v) is 13.8.